The van der Waals surface area contributed by atoms with Crippen LogP contribution < -0.4 is 0 Å². The molecule has 15 heavy (non-hydrogen) atoms. The van der Waals surface area contributed by atoms with Crippen LogP contribution in [0.2, 0.25) is 0 Å². The first-order chi connectivity index (χ1) is 7.02. The predicted octanol–water partition coefficient (Wildman–Crippen LogP) is 1.57. The lowest BCUT2D eigenvalue weighted by atomic mass is 10.4. The van der Waals surface area contributed by atoms with Crippen LogP contribution >= 0.6 is 0 Å². The largest absolute Gasteiger partial charge is 0.337 e. The molecule has 0 rings (SSSR count). The summed E-state index contributed by atoms with van der Waals surface area (Å²) in [6.45, 7) is 4.56. The smallest absolute Gasteiger partial charge is 0.150 e. The molecule has 0 aliphatic rings. The monoisotopic (exact) mass is 218 g/mol. The highest BCUT2D eigenvalue weighted by molar-refractivity contribution is 4.51. The first kappa shape index (κ1) is 14.8. The molecule has 0 amide bonds. The lowest BCUT2D eigenvalue weighted by molar-refractivity contribution is -0.176. The van der Waals surface area contributed by atoms with Crippen LogP contribution in [0.25, 0.3) is 0 Å². The van der Waals surface area contributed by atoms with E-state index in [-0.39, 0.29) is 12.5 Å². The molecule has 0 N–H and O–H groups in total. The SMILES string of the molecule is CCC(OCOC(CC)N(C)C)N(C)C. The van der Waals surface area contributed by atoms with E-state index in [1.54, 1.807) is 0 Å². The van der Waals surface area contributed by atoms with Gasteiger partial charge in [-0.2, -0.15) is 0 Å². The summed E-state index contributed by atoms with van der Waals surface area (Å²) in [6, 6.07) is 0. The summed E-state index contributed by atoms with van der Waals surface area (Å²) in [6.07, 6.45) is 2.22. The van der Waals surface area contributed by atoms with Gasteiger partial charge in [0.1, 0.15) is 12.5 Å². The van der Waals surface area contributed by atoms with Gasteiger partial charge in [-0.15, -0.1) is 0 Å². The van der Waals surface area contributed by atoms with Crippen LogP contribution in [0.3, 0.4) is 0 Å². The van der Waals surface area contributed by atoms with Crippen molar-refractivity contribution in [2.45, 2.75) is 39.1 Å². The normalized spacial score (nSPS) is 16.0. The van der Waals surface area contributed by atoms with Crippen molar-refractivity contribution in [3.05, 3.63) is 0 Å². The van der Waals surface area contributed by atoms with Gasteiger partial charge in [0.25, 0.3) is 0 Å². The van der Waals surface area contributed by atoms with Crippen LogP contribution in [0.15, 0.2) is 0 Å². The second-order valence-electron chi connectivity index (χ2n) is 4.10. The molecule has 4 nitrogen and oxygen atoms in total. The number of hydrogen-bond donors (Lipinski definition) is 0. The minimum Gasteiger partial charge on any atom is -0.337 e. The molecular weight excluding hydrogens is 192 g/mol. The quantitative estimate of drug-likeness (QED) is 0.577. The summed E-state index contributed by atoms with van der Waals surface area (Å²) >= 11 is 0. The molecule has 4 heteroatoms. The predicted molar refractivity (Wildman–Crippen MR) is 62.6 cm³/mol. The van der Waals surface area contributed by atoms with E-state index in [1.807, 2.05) is 28.2 Å². The zero-order valence-electron chi connectivity index (χ0n) is 11.0. The minimum absolute atomic E-state index is 0.143. The average molecular weight is 218 g/mol. The highest BCUT2D eigenvalue weighted by Crippen LogP contribution is 2.05. The lowest BCUT2D eigenvalue weighted by Crippen LogP contribution is -2.34. The summed E-state index contributed by atoms with van der Waals surface area (Å²) in [5.74, 6) is 0. The maximum absolute atomic E-state index is 5.61. The van der Waals surface area contributed by atoms with E-state index >= 15 is 0 Å². The van der Waals surface area contributed by atoms with Crippen LogP contribution in [0.5, 0.6) is 0 Å². The zero-order chi connectivity index (χ0) is 11.8. The zero-order valence-corrected chi connectivity index (χ0v) is 11.0. The Morgan fingerprint density at radius 3 is 1.33 bits per heavy atom. The summed E-state index contributed by atoms with van der Waals surface area (Å²) in [5, 5.41) is 0. The highest BCUT2D eigenvalue weighted by atomic mass is 16.7. The molecule has 2 atom stereocenters. The maximum Gasteiger partial charge on any atom is 0.150 e. The number of rotatable bonds is 8. The van der Waals surface area contributed by atoms with Gasteiger partial charge in [0.15, 0.2) is 6.79 Å². The first-order valence-corrected chi connectivity index (χ1v) is 5.58. The molecule has 92 valence electrons. The second-order valence-corrected chi connectivity index (χ2v) is 4.10. The van der Waals surface area contributed by atoms with Crippen molar-refractivity contribution in [3.63, 3.8) is 0 Å². The van der Waals surface area contributed by atoms with Crippen molar-refractivity contribution in [2.24, 2.45) is 0 Å². The Hall–Kier alpha value is -0.160. The van der Waals surface area contributed by atoms with E-state index in [9.17, 15) is 0 Å². The van der Waals surface area contributed by atoms with Crippen LogP contribution in [0.4, 0.5) is 0 Å². The molecule has 0 heterocycles. The molecule has 0 aromatic carbocycles. The number of ether oxygens (including phenoxy) is 2. The van der Waals surface area contributed by atoms with Crippen LogP contribution in [-0.2, 0) is 9.47 Å². The van der Waals surface area contributed by atoms with Gasteiger partial charge in [0, 0.05) is 0 Å². The third kappa shape index (κ3) is 6.10. The summed E-state index contributed by atoms with van der Waals surface area (Å²) in [5.41, 5.74) is 0. The summed E-state index contributed by atoms with van der Waals surface area (Å²) in [7, 11) is 8.05. The second kappa shape index (κ2) is 8.05. The van der Waals surface area contributed by atoms with Crippen molar-refractivity contribution in [2.75, 3.05) is 35.0 Å². The molecule has 0 spiro atoms. The standard InChI is InChI=1S/C11H26N2O2/c1-7-10(12(3)4)14-9-15-11(8-2)13(5)6/h10-11H,7-9H2,1-6H3. The van der Waals surface area contributed by atoms with Gasteiger partial charge >= 0.3 is 0 Å². The number of hydrogen-bond acceptors (Lipinski definition) is 4. The van der Waals surface area contributed by atoms with E-state index < -0.39 is 0 Å². The highest BCUT2D eigenvalue weighted by Gasteiger charge is 2.12. The first-order valence-electron chi connectivity index (χ1n) is 5.58. The molecule has 0 aliphatic carbocycles. The molecule has 0 saturated heterocycles. The van der Waals surface area contributed by atoms with Crippen molar-refractivity contribution in [3.8, 4) is 0 Å². The van der Waals surface area contributed by atoms with E-state index in [1.165, 1.54) is 0 Å². The summed E-state index contributed by atoms with van der Waals surface area (Å²) < 4.78 is 11.2. The third-order valence-electron chi connectivity index (χ3n) is 2.37. The Labute approximate surface area is 94.1 Å². The van der Waals surface area contributed by atoms with Crippen LogP contribution in [-0.4, -0.2) is 57.2 Å². The third-order valence-corrected chi connectivity index (χ3v) is 2.37. The molecule has 2 unspecified atom stereocenters. The molecule has 0 aromatic heterocycles. The Morgan fingerprint density at radius 2 is 1.13 bits per heavy atom. The van der Waals surface area contributed by atoms with Crippen LogP contribution in [0, 0.1) is 0 Å². The van der Waals surface area contributed by atoms with E-state index in [0.717, 1.165) is 12.8 Å². The van der Waals surface area contributed by atoms with Gasteiger partial charge < -0.3 is 9.47 Å². The fraction of sp³-hybridized carbons (Fsp3) is 1.00. The van der Waals surface area contributed by atoms with E-state index in [0.29, 0.717) is 6.79 Å². The Morgan fingerprint density at radius 1 is 0.800 bits per heavy atom. The van der Waals surface area contributed by atoms with Crippen molar-refractivity contribution >= 4 is 0 Å². The summed E-state index contributed by atoms with van der Waals surface area (Å²) in [4.78, 5) is 4.11. The fourth-order valence-corrected chi connectivity index (χ4v) is 1.46. The van der Waals surface area contributed by atoms with E-state index in [2.05, 4.69) is 23.6 Å². The van der Waals surface area contributed by atoms with Crippen LogP contribution in [0.1, 0.15) is 26.7 Å². The Bertz CT molecular complexity index is 136. The minimum atomic E-state index is 0.143. The van der Waals surface area contributed by atoms with Gasteiger partial charge in [-0.3, -0.25) is 9.80 Å². The number of nitrogens with zero attached hydrogens (tertiary/aromatic N) is 2. The molecule has 0 saturated carbocycles. The van der Waals surface area contributed by atoms with Crippen molar-refractivity contribution in [1.29, 1.82) is 0 Å². The van der Waals surface area contributed by atoms with Gasteiger partial charge in [-0.1, -0.05) is 13.8 Å². The fourth-order valence-electron chi connectivity index (χ4n) is 1.46. The molecule has 0 aliphatic heterocycles. The molecular formula is C11H26N2O2. The van der Waals surface area contributed by atoms with Gasteiger partial charge in [0.05, 0.1) is 0 Å². The van der Waals surface area contributed by atoms with Gasteiger partial charge in [-0.05, 0) is 41.0 Å². The van der Waals surface area contributed by atoms with Crippen molar-refractivity contribution in [1.82, 2.24) is 9.80 Å². The van der Waals surface area contributed by atoms with Crippen molar-refractivity contribution < 1.29 is 9.47 Å². The Balaban J connectivity index is 3.75. The topological polar surface area (TPSA) is 24.9 Å². The lowest BCUT2D eigenvalue weighted by Gasteiger charge is -2.26. The Kier molecular flexibility index (Phi) is 7.96. The van der Waals surface area contributed by atoms with Gasteiger partial charge in [0.2, 0.25) is 0 Å². The molecule has 0 bridgehead atoms. The molecule has 0 radical (unpaired) electrons. The maximum atomic E-state index is 5.61. The molecule has 0 aromatic rings. The van der Waals surface area contributed by atoms with E-state index in [4.69, 9.17) is 9.47 Å². The average Bonchev–Trinajstić information content (AvgIpc) is 2.17. The molecule has 0 fully saturated rings. The van der Waals surface area contributed by atoms with Gasteiger partial charge in [-0.25, -0.2) is 0 Å².